The Morgan fingerprint density at radius 2 is 1.67 bits per heavy atom. The highest BCUT2D eigenvalue weighted by atomic mass is 79.9. The highest BCUT2D eigenvalue weighted by Gasteiger charge is 2.12. The molecule has 0 saturated carbocycles. The summed E-state index contributed by atoms with van der Waals surface area (Å²) in [4.78, 5) is 17.1. The molecule has 3 aromatic carbocycles. The molecule has 134 valence electrons. The predicted octanol–water partition coefficient (Wildman–Crippen LogP) is 1.84. The second kappa shape index (κ2) is 8.55. The molecule has 0 spiro atoms. The molecule has 4 aromatic rings. The molecule has 1 heterocycles. The fourth-order valence-corrected chi connectivity index (χ4v) is 3.15. The normalized spacial score (nSPS) is 10.4. The first kappa shape index (κ1) is 19.4. The first-order chi connectivity index (χ1) is 12.7. The second-order valence-corrected chi connectivity index (χ2v) is 7.03. The fraction of sp³-hybridized carbons (Fsp3) is 0.0455. The highest BCUT2D eigenvalue weighted by molar-refractivity contribution is 9.10. The Morgan fingerprint density at radius 1 is 0.926 bits per heavy atom. The lowest BCUT2D eigenvalue weighted by atomic mass is 10.0. The van der Waals surface area contributed by atoms with Gasteiger partial charge < -0.3 is 17.0 Å². The van der Waals surface area contributed by atoms with Gasteiger partial charge in [0.25, 0.3) is 6.33 Å². The van der Waals surface area contributed by atoms with Gasteiger partial charge >= 0.3 is 0 Å². The van der Waals surface area contributed by atoms with E-state index in [0.29, 0.717) is 5.56 Å². The van der Waals surface area contributed by atoms with Gasteiger partial charge in [-0.3, -0.25) is 4.79 Å². The predicted molar refractivity (Wildman–Crippen MR) is 106 cm³/mol. The summed E-state index contributed by atoms with van der Waals surface area (Å²) in [5.74, 6) is 0.0685. The number of rotatable bonds is 4. The van der Waals surface area contributed by atoms with E-state index in [4.69, 9.17) is 0 Å². The van der Waals surface area contributed by atoms with Crippen molar-refractivity contribution in [2.45, 2.75) is 6.54 Å². The Kier molecular flexibility index (Phi) is 6.14. The van der Waals surface area contributed by atoms with E-state index in [1.54, 1.807) is 10.9 Å². The molecule has 0 fully saturated rings. The summed E-state index contributed by atoms with van der Waals surface area (Å²) in [5.41, 5.74) is 2.64. The van der Waals surface area contributed by atoms with Crippen LogP contribution in [0.25, 0.3) is 22.0 Å². The minimum absolute atomic E-state index is 0. The summed E-state index contributed by atoms with van der Waals surface area (Å²) in [6, 6.07) is 23.8. The lowest BCUT2D eigenvalue weighted by Crippen LogP contribution is -3.00. The van der Waals surface area contributed by atoms with E-state index in [1.165, 1.54) is 0 Å². The van der Waals surface area contributed by atoms with Crippen LogP contribution in [0.15, 0.2) is 89.8 Å². The van der Waals surface area contributed by atoms with Crippen molar-refractivity contribution in [1.29, 1.82) is 0 Å². The summed E-state index contributed by atoms with van der Waals surface area (Å²) >= 11 is 3.43. The second-order valence-electron chi connectivity index (χ2n) is 6.11. The van der Waals surface area contributed by atoms with Crippen molar-refractivity contribution in [2.24, 2.45) is 0 Å². The molecular formula is C22H16Br2N2O. The van der Waals surface area contributed by atoms with Gasteiger partial charge in [-0.15, -0.1) is 0 Å². The maximum absolute atomic E-state index is 12.6. The first-order valence-corrected chi connectivity index (χ1v) is 9.11. The van der Waals surface area contributed by atoms with Crippen LogP contribution in [0.5, 0.6) is 0 Å². The van der Waals surface area contributed by atoms with Crippen LogP contribution in [0.2, 0.25) is 0 Å². The monoisotopic (exact) mass is 482 g/mol. The van der Waals surface area contributed by atoms with Gasteiger partial charge in [0.15, 0.2) is 12.2 Å². The topological polar surface area (TPSA) is 33.8 Å². The molecule has 0 unspecified atom stereocenters. The van der Waals surface area contributed by atoms with Crippen LogP contribution < -0.4 is 21.5 Å². The van der Waals surface area contributed by atoms with E-state index < -0.39 is 0 Å². The molecule has 0 aliphatic heterocycles. The zero-order valence-corrected chi connectivity index (χ0v) is 17.5. The molecule has 0 aliphatic rings. The van der Waals surface area contributed by atoms with Crippen molar-refractivity contribution < 1.29 is 26.3 Å². The van der Waals surface area contributed by atoms with Crippen LogP contribution in [0, 0.1) is 0 Å². The van der Waals surface area contributed by atoms with E-state index >= 15 is 0 Å². The average Bonchev–Trinajstić information content (AvgIpc) is 2.69. The van der Waals surface area contributed by atoms with Gasteiger partial charge in [-0.1, -0.05) is 52.3 Å². The van der Waals surface area contributed by atoms with Crippen molar-refractivity contribution in [3.05, 3.63) is 95.4 Å². The number of nitrogens with zero attached hydrogens (tertiary/aromatic N) is 2. The number of hydrogen-bond acceptors (Lipinski definition) is 2. The SMILES string of the molecule is O=C(C[n+]1ccc(-c2ccc(Br)cc2)nc1)c1ccc2ccccc2c1.[Br-]. The number of benzene rings is 3. The van der Waals surface area contributed by atoms with Crippen molar-refractivity contribution >= 4 is 32.5 Å². The Bertz CT molecular complexity index is 1080. The maximum Gasteiger partial charge on any atom is 0.287 e. The molecule has 0 amide bonds. The number of halogens is 2. The van der Waals surface area contributed by atoms with Gasteiger partial charge in [0.2, 0.25) is 5.78 Å². The van der Waals surface area contributed by atoms with Crippen LogP contribution in [-0.2, 0) is 6.54 Å². The molecule has 0 aliphatic carbocycles. The Labute approximate surface area is 176 Å². The lowest BCUT2D eigenvalue weighted by molar-refractivity contribution is -0.686. The number of fused-ring (bicyclic) bond motifs is 1. The zero-order chi connectivity index (χ0) is 17.9. The van der Waals surface area contributed by atoms with Crippen molar-refractivity contribution in [2.75, 3.05) is 0 Å². The van der Waals surface area contributed by atoms with Crippen molar-refractivity contribution in [3.63, 3.8) is 0 Å². The Balaban J connectivity index is 0.00000210. The molecule has 0 radical (unpaired) electrons. The number of Topliss-reactive ketones (excluding diaryl/α,β-unsaturated/α-hetero) is 1. The molecule has 4 rings (SSSR count). The summed E-state index contributed by atoms with van der Waals surface area (Å²) in [7, 11) is 0. The van der Waals surface area contributed by atoms with Gasteiger partial charge in [0.1, 0.15) is 0 Å². The number of aromatic nitrogens is 2. The molecule has 27 heavy (non-hydrogen) atoms. The minimum Gasteiger partial charge on any atom is -1.00 e. The van der Waals surface area contributed by atoms with E-state index in [1.807, 2.05) is 79.0 Å². The summed E-state index contributed by atoms with van der Waals surface area (Å²) in [6.07, 6.45) is 3.60. The Hall–Kier alpha value is -2.37. The molecular weight excluding hydrogens is 468 g/mol. The molecule has 0 atom stereocenters. The van der Waals surface area contributed by atoms with Crippen LogP contribution >= 0.6 is 15.9 Å². The van der Waals surface area contributed by atoms with Crippen molar-refractivity contribution in [1.82, 2.24) is 4.98 Å². The number of hydrogen-bond donors (Lipinski definition) is 0. The molecule has 0 saturated heterocycles. The molecule has 1 aromatic heterocycles. The molecule has 0 bridgehead atoms. The van der Waals surface area contributed by atoms with E-state index in [0.717, 1.165) is 26.5 Å². The van der Waals surface area contributed by atoms with E-state index in [9.17, 15) is 4.79 Å². The third-order valence-electron chi connectivity index (χ3n) is 4.31. The largest absolute Gasteiger partial charge is 1.00 e. The summed E-state index contributed by atoms with van der Waals surface area (Å²) < 4.78 is 2.84. The van der Waals surface area contributed by atoms with Gasteiger partial charge in [0.05, 0.1) is 6.20 Å². The van der Waals surface area contributed by atoms with Gasteiger partial charge in [-0.25, -0.2) is 4.57 Å². The van der Waals surface area contributed by atoms with Gasteiger partial charge in [-0.2, -0.15) is 0 Å². The molecule has 5 heteroatoms. The smallest absolute Gasteiger partial charge is 0.287 e. The summed E-state index contributed by atoms with van der Waals surface area (Å²) in [6.45, 7) is 0.270. The van der Waals surface area contributed by atoms with Gasteiger partial charge in [0, 0.05) is 21.7 Å². The third kappa shape index (κ3) is 4.49. The minimum atomic E-state index is 0. The van der Waals surface area contributed by atoms with Crippen LogP contribution in [0.1, 0.15) is 10.4 Å². The standard InChI is InChI=1S/C22H16BrN2O.BrH/c23-20-9-7-17(8-10-20)21-11-12-25(15-24-21)14-22(26)19-6-5-16-3-1-2-4-18(16)13-19;/h1-13,15H,14H2;1H/q+1;/p-1. The van der Waals surface area contributed by atoms with E-state index in [-0.39, 0.29) is 29.3 Å². The first-order valence-electron chi connectivity index (χ1n) is 8.32. The quantitative estimate of drug-likeness (QED) is 0.328. The molecule has 3 nitrogen and oxygen atoms in total. The van der Waals surface area contributed by atoms with E-state index in [2.05, 4.69) is 20.9 Å². The zero-order valence-electron chi connectivity index (χ0n) is 14.3. The number of carbonyl (C=O) groups excluding carboxylic acids is 1. The number of carbonyl (C=O) groups is 1. The van der Waals surface area contributed by atoms with Gasteiger partial charge in [-0.05, 0) is 46.1 Å². The van der Waals surface area contributed by atoms with Crippen LogP contribution in [-0.4, -0.2) is 10.8 Å². The lowest BCUT2D eigenvalue weighted by Gasteiger charge is -2.03. The van der Waals surface area contributed by atoms with Crippen LogP contribution in [0.3, 0.4) is 0 Å². The average molecular weight is 484 g/mol. The summed E-state index contributed by atoms with van der Waals surface area (Å²) in [5, 5.41) is 2.21. The fourth-order valence-electron chi connectivity index (χ4n) is 2.89. The third-order valence-corrected chi connectivity index (χ3v) is 4.84. The Morgan fingerprint density at radius 3 is 2.37 bits per heavy atom. The number of ketones is 1. The maximum atomic E-state index is 12.6. The molecule has 0 N–H and O–H groups in total. The van der Waals surface area contributed by atoms with Crippen molar-refractivity contribution in [3.8, 4) is 11.3 Å². The van der Waals surface area contributed by atoms with Crippen LogP contribution in [0.4, 0.5) is 0 Å². The highest BCUT2D eigenvalue weighted by Crippen LogP contribution is 2.19.